The summed E-state index contributed by atoms with van der Waals surface area (Å²) in [5, 5.41) is 9.99. The van der Waals surface area contributed by atoms with Crippen molar-refractivity contribution in [1.82, 2.24) is 0 Å². The van der Waals surface area contributed by atoms with Gasteiger partial charge in [-0.3, -0.25) is 0 Å². The molecule has 1 N–H and O–H groups in total. The highest BCUT2D eigenvalue weighted by atomic mass is 19.4. The molecule has 0 amide bonds. The lowest BCUT2D eigenvalue weighted by molar-refractivity contribution is -0.439. The monoisotopic (exact) mass is 495 g/mol. The Hall–Kier alpha value is -2.22. The van der Waals surface area contributed by atoms with Crippen LogP contribution >= 0.6 is 0 Å². The number of aromatic hydroxyl groups is 1. The Morgan fingerprint density at radius 3 is 1.53 bits per heavy atom. The van der Waals surface area contributed by atoms with E-state index in [2.05, 4.69) is 0 Å². The number of para-hydroxylation sites is 1. The lowest BCUT2D eigenvalue weighted by atomic mass is 9.85. The molecule has 0 aliphatic carbocycles. The van der Waals surface area contributed by atoms with Crippen molar-refractivity contribution in [1.29, 1.82) is 0 Å². The number of phenolic OH excluding ortho intramolecular Hbond substituents is 1. The zero-order valence-corrected chi connectivity index (χ0v) is 16.1. The third kappa shape index (κ3) is 4.21. The third-order valence-electron chi connectivity index (χ3n) is 4.16. The van der Waals surface area contributed by atoms with E-state index in [1.165, 1.54) is 26.8 Å². The number of halogens is 13. The van der Waals surface area contributed by atoms with Gasteiger partial charge in [-0.25, -0.2) is 4.99 Å². The van der Waals surface area contributed by atoms with E-state index in [0.717, 1.165) is 12.1 Å². The minimum Gasteiger partial charge on any atom is -0.507 e. The van der Waals surface area contributed by atoms with Gasteiger partial charge in [-0.1, -0.05) is 32.9 Å². The van der Waals surface area contributed by atoms with Crippen molar-refractivity contribution >= 4 is 6.21 Å². The first kappa shape index (κ1) is 27.8. The summed E-state index contributed by atoms with van der Waals surface area (Å²) < 4.78 is 170. The highest BCUT2D eigenvalue weighted by Gasteiger charge is 2.91. The maximum absolute atomic E-state index is 13.7. The molecule has 0 saturated heterocycles. The van der Waals surface area contributed by atoms with E-state index in [0.29, 0.717) is 0 Å². The van der Waals surface area contributed by atoms with Crippen molar-refractivity contribution < 1.29 is 62.2 Å². The fourth-order valence-corrected chi connectivity index (χ4v) is 2.26. The van der Waals surface area contributed by atoms with Gasteiger partial charge in [0.1, 0.15) is 5.75 Å². The van der Waals surface area contributed by atoms with Gasteiger partial charge in [0.2, 0.25) is 0 Å². The summed E-state index contributed by atoms with van der Waals surface area (Å²) in [4.78, 5) is 1.70. The van der Waals surface area contributed by atoms with Gasteiger partial charge in [0.15, 0.2) is 0 Å². The third-order valence-corrected chi connectivity index (χ3v) is 4.16. The molecule has 0 bridgehead atoms. The molecule has 184 valence electrons. The van der Waals surface area contributed by atoms with Gasteiger partial charge in [0, 0.05) is 11.8 Å². The smallest absolute Gasteiger partial charge is 0.460 e. The fourth-order valence-electron chi connectivity index (χ4n) is 2.26. The van der Waals surface area contributed by atoms with Crippen molar-refractivity contribution in [2.75, 3.05) is 0 Å². The Bertz CT molecular complexity index is 866. The summed E-state index contributed by atoms with van der Waals surface area (Å²) in [5.41, 5.74) is -1.62. The molecule has 2 nitrogen and oxygen atoms in total. The summed E-state index contributed by atoms with van der Waals surface area (Å²) in [6, 6.07) is -3.49. The Labute approximate surface area is 171 Å². The second kappa shape index (κ2) is 7.68. The molecule has 0 spiro atoms. The van der Waals surface area contributed by atoms with E-state index in [1.807, 2.05) is 0 Å². The predicted octanol–water partition coefficient (Wildman–Crippen LogP) is 6.80. The maximum atomic E-state index is 13.7. The first-order valence-corrected chi connectivity index (χ1v) is 8.19. The van der Waals surface area contributed by atoms with Crippen LogP contribution in [0.25, 0.3) is 0 Å². The van der Waals surface area contributed by atoms with Crippen molar-refractivity contribution in [2.45, 2.75) is 62.1 Å². The zero-order chi connectivity index (χ0) is 25.8. The standard InChI is InChI=1S/C17H14F13NO/c1-11(2,3)9-6-4-5-8(10(9)32)7-31-17(29,30)15(24,25)13(20,21)12(18,19)14(22,23)16(26,27)28/h4-7,32H,1-3H3. The summed E-state index contributed by atoms with van der Waals surface area (Å²) in [6.45, 7) is 4.53. The van der Waals surface area contributed by atoms with Crippen LogP contribution in [0, 0.1) is 0 Å². The number of rotatable bonds is 6. The van der Waals surface area contributed by atoms with E-state index in [4.69, 9.17) is 0 Å². The molecule has 15 heteroatoms. The Morgan fingerprint density at radius 1 is 0.688 bits per heavy atom. The van der Waals surface area contributed by atoms with Crippen molar-refractivity contribution in [2.24, 2.45) is 4.99 Å². The van der Waals surface area contributed by atoms with Crippen molar-refractivity contribution in [3.05, 3.63) is 29.3 Å². The second-order valence-electron chi connectivity index (χ2n) is 7.59. The summed E-state index contributed by atoms with van der Waals surface area (Å²) in [5.74, 6) is -32.1. The first-order chi connectivity index (χ1) is 13.9. The van der Waals surface area contributed by atoms with E-state index >= 15 is 0 Å². The molecular formula is C17H14F13NO. The Balaban J connectivity index is 3.51. The van der Waals surface area contributed by atoms with Crippen LogP contribution in [0.2, 0.25) is 0 Å². The molecule has 0 radical (unpaired) electrons. The van der Waals surface area contributed by atoms with Crippen molar-refractivity contribution in [3.8, 4) is 5.75 Å². The van der Waals surface area contributed by atoms with Gasteiger partial charge in [0.25, 0.3) is 0 Å². The molecule has 0 aliphatic rings. The van der Waals surface area contributed by atoms with Crippen LogP contribution < -0.4 is 0 Å². The highest BCUT2D eigenvalue weighted by Crippen LogP contribution is 2.60. The quantitative estimate of drug-likeness (QED) is 0.263. The predicted molar refractivity (Wildman–Crippen MR) is 85.2 cm³/mol. The molecular weight excluding hydrogens is 481 g/mol. The SMILES string of the molecule is CC(C)(C)c1cccc(C=NC(F)(F)C(F)(F)C(F)(F)C(F)(F)C(F)(F)C(F)(F)F)c1O. The summed E-state index contributed by atoms with van der Waals surface area (Å²) in [7, 11) is 0. The summed E-state index contributed by atoms with van der Waals surface area (Å²) >= 11 is 0. The minimum absolute atomic E-state index is 0.0261. The highest BCUT2D eigenvalue weighted by molar-refractivity contribution is 5.84. The van der Waals surface area contributed by atoms with E-state index in [-0.39, 0.29) is 11.8 Å². The van der Waals surface area contributed by atoms with Crippen LogP contribution in [0.15, 0.2) is 23.2 Å². The molecule has 1 aromatic carbocycles. The lowest BCUT2D eigenvalue weighted by Gasteiger charge is -2.38. The van der Waals surface area contributed by atoms with Crippen LogP contribution in [0.3, 0.4) is 0 Å². The number of phenols is 1. The first-order valence-electron chi connectivity index (χ1n) is 8.19. The number of hydrogen-bond acceptors (Lipinski definition) is 2. The molecule has 0 aliphatic heterocycles. The normalized spacial score (nSPS) is 15.5. The van der Waals surface area contributed by atoms with Gasteiger partial charge in [-0.2, -0.15) is 57.1 Å². The molecule has 32 heavy (non-hydrogen) atoms. The molecule has 0 atom stereocenters. The largest absolute Gasteiger partial charge is 0.507 e. The van der Waals surface area contributed by atoms with Gasteiger partial charge < -0.3 is 5.11 Å². The second-order valence-corrected chi connectivity index (χ2v) is 7.59. The number of aliphatic imine (C=N–C) groups is 1. The van der Waals surface area contributed by atoms with Gasteiger partial charge in [-0.05, 0) is 17.0 Å². The van der Waals surface area contributed by atoms with Crippen molar-refractivity contribution in [3.63, 3.8) is 0 Å². The Morgan fingerprint density at radius 2 is 1.12 bits per heavy atom. The van der Waals surface area contributed by atoms with E-state index in [9.17, 15) is 62.2 Å². The van der Waals surface area contributed by atoms with Crippen LogP contribution in [-0.4, -0.2) is 47.2 Å². The molecule has 0 aromatic heterocycles. The van der Waals surface area contributed by atoms with Gasteiger partial charge in [0.05, 0.1) is 0 Å². The van der Waals surface area contributed by atoms with Crippen LogP contribution in [0.4, 0.5) is 57.1 Å². The molecule has 0 heterocycles. The molecule has 1 rings (SSSR count). The Kier molecular flexibility index (Phi) is 6.67. The molecule has 0 fully saturated rings. The fraction of sp³-hybridized carbons (Fsp3) is 0.588. The number of nitrogens with zero attached hydrogens (tertiary/aromatic N) is 1. The summed E-state index contributed by atoms with van der Waals surface area (Å²) in [6.07, 6.45) is -7.82. The number of benzene rings is 1. The maximum Gasteiger partial charge on any atom is 0.460 e. The zero-order valence-electron chi connectivity index (χ0n) is 16.1. The molecule has 0 unspecified atom stereocenters. The van der Waals surface area contributed by atoms with Gasteiger partial charge >= 0.3 is 35.9 Å². The van der Waals surface area contributed by atoms with Crippen LogP contribution in [0.5, 0.6) is 5.75 Å². The topological polar surface area (TPSA) is 32.6 Å². The van der Waals surface area contributed by atoms with Crippen LogP contribution in [0.1, 0.15) is 31.9 Å². The molecule has 1 aromatic rings. The lowest BCUT2D eigenvalue weighted by Crippen LogP contribution is -2.69. The average molecular weight is 495 g/mol. The van der Waals surface area contributed by atoms with Crippen LogP contribution in [-0.2, 0) is 5.41 Å². The number of hydrogen-bond donors (Lipinski definition) is 1. The number of alkyl halides is 13. The van der Waals surface area contributed by atoms with Gasteiger partial charge in [-0.15, -0.1) is 0 Å². The van der Waals surface area contributed by atoms with E-state index < -0.39 is 52.6 Å². The molecule has 0 saturated carbocycles. The minimum atomic E-state index is -7.99. The van der Waals surface area contributed by atoms with E-state index in [1.54, 1.807) is 4.99 Å². The average Bonchev–Trinajstić information content (AvgIpc) is 2.58.